The molecule has 0 aliphatic carbocycles. The Hall–Kier alpha value is -1.55. The summed E-state index contributed by atoms with van der Waals surface area (Å²) in [6.45, 7) is 0.581. The predicted octanol–water partition coefficient (Wildman–Crippen LogP) is 3.14. The maximum atomic E-state index is 12.9. The van der Waals surface area contributed by atoms with E-state index in [4.69, 9.17) is 17.3 Å². The third-order valence-corrected chi connectivity index (χ3v) is 3.12. The van der Waals surface area contributed by atoms with Gasteiger partial charge in [-0.15, -0.1) is 10.2 Å². The fourth-order valence-electron chi connectivity index (χ4n) is 1.59. The average Bonchev–Trinajstić information content (AvgIpc) is 2.70. The topological polar surface area (TPSA) is 56.2 Å². The van der Waals surface area contributed by atoms with Gasteiger partial charge in [-0.2, -0.15) is 26.3 Å². The zero-order chi connectivity index (χ0) is 16.2. The summed E-state index contributed by atoms with van der Waals surface area (Å²) in [7, 11) is 0. The van der Waals surface area contributed by atoms with Crippen LogP contribution in [0.4, 0.5) is 26.3 Å². The van der Waals surface area contributed by atoms with Gasteiger partial charge in [-0.25, -0.2) is 0 Å². The van der Waals surface area contributed by atoms with E-state index in [0.29, 0.717) is 23.6 Å². The Morgan fingerprint density at radius 2 is 1.71 bits per heavy atom. The molecule has 0 spiro atoms. The Balaban J connectivity index is 2.76. The van der Waals surface area contributed by atoms with Crippen molar-refractivity contribution in [1.82, 2.24) is 14.6 Å². The largest absolute Gasteiger partial charge is 0.417 e. The van der Waals surface area contributed by atoms with Crippen molar-refractivity contribution >= 4 is 17.2 Å². The van der Waals surface area contributed by atoms with Crippen molar-refractivity contribution in [2.24, 2.45) is 5.73 Å². The summed E-state index contributed by atoms with van der Waals surface area (Å²) < 4.78 is 77.3. The highest BCUT2D eigenvalue weighted by Crippen LogP contribution is 2.37. The van der Waals surface area contributed by atoms with Crippen molar-refractivity contribution in [3.63, 3.8) is 0 Å². The molecule has 0 fully saturated rings. The fraction of sp³-hybridized carbons (Fsp3) is 0.400. The van der Waals surface area contributed by atoms with Crippen LogP contribution in [0.5, 0.6) is 0 Å². The van der Waals surface area contributed by atoms with Crippen molar-refractivity contribution in [3.05, 3.63) is 28.7 Å². The summed E-state index contributed by atoms with van der Waals surface area (Å²) in [5.41, 5.74) is 0.592. The van der Waals surface area contributed by atoms with Gasteiger partial charge in [-0.1, -0.05) is 11.6 Å². The molecule has 11 heteroatoms. The summed E-state index contributed by atoms with van der Waals surface area (Å²) in [4.78, 5) is 0. The number of nitrogens with two attached hydrogens (primary N) is 1. The molecule has 4 nitrogen and oxygen atoms in total. The van der Waals surface area contributed by atoms with Gasteiger partial charge in [0, 0.05) is 6.20 Å². The third kappa shape index (κ3) is 2.53. The summed E-state index contributed by atoms with van der Waals surface area (Å²) in [6, 6.07) is 0.552. The average molecular weight is 333 g/mol. The molecule has 21 heavy (non-hydrogen) atoms. The second-order valence-electron chi connectivity index (χ2n) is 4.49. The molecule has 116 valence electrons. The summed E-state index contributed by atoms with van der Waals surface area (Å²) >= 11 is 5.60. The molecule has 2 aromatic rings. The Bertz CT molecular complexity index is 687. The molecule has 0 saturated heterocycles. The lowest BCUT2D eigenvalue weighted by atomic mass is 10.0. The summed E-state index contributed by atoms with van der Waals surface area (Å²) in [5, 5.41) is 6.10. The molecule has 0 aliphatic rings. The molecular formula is C10H7ClF6N4. The van der Waals surface area contributed by atoms with Crippen molar-refractivity contribution in [2.75, 3.05) is 0 Å². The number of rotatable bonds is 1. The number of pyridine rings is 1. The van der Waals surface area contributed by atoms with Gasteiger partial charge in [0.15, 0.2) is 17.0 Å². The zero-order valence-corrected chi connectivity index (χ0v) is 11.0. The highest BCUT2D eigenvalue weighted by molar-refractivity contribution is 6.33. The molecule has 0 saturated carbocycles. The standard InChI is InChI=1S/C10H7ClF6N4/c1-8(18,10(15,16)17)7-20-19-6-5(11)2-4(3-21(6)7)9(12,13)14/h2-3H,18H2,1H3. The molecule has 1 atom stereocenters. The Morgan fingerprint density at radius 1 is 1.14 bits per heavy atom. The van der Waals surface area contributed by atoms with Gasteiger partial charge in [0.05, 0.1) is 10.6 Å². The van der Waals surface area contributed by atoms with Crippen LogP contribution in [0.15, 0.2) is 12.3 Å². The number of nitrogens with zero attached hydrogens (tertiary/aromatic N) is 3. The quantitative estimate of drug-likeness (QED) is 0.816. The molecule has 0 amide bonds. The second kappa shape index (κ2) is 4.47. The number of halogens is 7. The molecule has 0 radical (unpaired) electrons. The van der Waals surface area contributed by atoms with Crippen LogP contribution in [0.2, 0.25) is 5.02 Å². The minimum atomic E-state index is -4.93. The van der Waals surface area contributed by atoms with Crippen LogP contribution in [0, 0.1) is 0 Å². The highest BCUT2D eigenvalue weighted by atomic mass is 35.5. The van der Waals surface area contributed by atoms with Crippen molar-refractivity contribution < 1.29 is 26.3 Å². The SMILES string of the molecule is CC(N)(c1nnc2c(Cl)cc(C(F)(F)F)cn12)C(F)(F)F. The maximum Gasteiger partial charge on any atom is 0.417 e. The van der Waals surface area contributed by atoms with Crippen LogP contribution < -0.4 is 5.73 Å². The minimum absolute atomic E-state index is 0.347. The predicted molar refractivity (Wildman–Crippen MR) is 60.6 cm³/mol. The van der Waals surface area contributed by atoms with E-state index in [1.807, 2.05) is 0 Å². The Morgan fingerprint density at radius 3 is 2.19 bits per heavy atom. The highest BCUT2D eigenvalue weighted by Gasteiger charge is 2.52. The van der Waals surface area contributed by atoms with Crippen molar-refractivity contribution in [2.45, 2.75) is 24.8 Å². The Labute approximate surface area is 118 Å². The lowest BCUT2D eigenvalue weighted by Crippen LogP contribution is -2.49. The van der Waals surface area contributed by atoms with Crippen molar-refractivity contribution in [1.29, 1.82) is 0 Å². The summed E-state index contributed by atoms with van der Waals surface area (Å²) in [5.74, 6) is -0.891. The molecule has 2 heterocycles. The first kappa shape index (κ1) is 15.8. The number of aromatic nitrogens is 3. The smallest absolute Gasteiger partial charge is 0.311 e. The fourth-order valence-corrected chi connectivity index (χ4v) is 1.84. The normalized spacial score (nSPS) is 16.2. The first-order valence-corrected chi connectivity index (χ1v) is 5.71. The lowest BCUT2D eigenvalue weighted by molar-refractivity contribution is -0.186. The van der Waals surface area contributed by atoms with Crippen LogP contribution in [-0.2, 0) is 11.7 Å². The number of hydrogen-bond acceptors (Lipinski definition) is 3. The van der Waals surface area contributed by atoms with Gasteiger partial charge in [0.25, 0.3) is 0 Å². The van der Waals surface area contributed by atoms with Crippen LogP contribution in [0.25, 0.3) is 5.65 Å². The van der Waals surface area contributed by atoms with Gasteiger partial charge < -0.3 is 5.73 Å². The monoisotopic (exact) mass is 332 g/mol. The van der Waals surface area contributed by atoms with Gasteiger partial charge in [0.1, 0.15) is 0 Å². The van der Waals surface area contributed by atoms with Gasteiger partial charge in [-0.05, 0) is 13.0 Å². The van der Waals surface area contributed by atoms with Crippen LogP contribution in [0.3, 0.4) is 0 Å². The van der Waals surface area contributed by atoms with E-state index in [-0.39, 0.29) is 5.65 Å². The molecule has 2 rings (SSSR count). The van der Waals surface area contributed by atoms with E-state index in [2.05, 4.69) is 10.2 Å². The van der Waals surface area contributed by atoms with Crippen LogP contribution >= 0.6 is 11.6 Å². The minimum Gasteiger partial charge on any atom is -0.311 e. The third-order valence-electron chi connectivity index (χ3n) is 2.84. The van der Waals surface area contributed by atoms with E-state index < -0.39 is 34.3 Å². The lowest BCUT2D eigenvalue weighted by Gasteiger charge is -2.25. The van der Waals surface area contributed by atoms with Crippen LogP contribution in [0.1, 0.15) is 18.3 Å². The second-order valence-corrected chi connectivity index (χ2v) is 4.90. The van der Waals surface area contributed by atoms with Gasteiger partial charge >= 0.3 is 12.4 Å². The summed E-state index contributed by atoms with van der Waals surface area (Å²) in [6.07, 6.45) is -9.30. The molecular weight excluding hydrogens is 326 g/mol. The van der Waals surface area contributed by atoms with Gasteiger partial charge in [-0.3, -0.25) is 4.40 Å². The van der Waals surface area contributed by atoms with Crippen molar-refractivity contribution in [3.8, 4) is 0 Å². The van der Waals surface area contributed by atoms with E-state index in [9.17, 15) is 26.3 Å². The zero-order valence-electron chi connectivity index (χ0n) is 10.2. The molecule has 2 N–H and O–H groups in total. The Kier molecular flexibility index (Phi) is 3.37. The molecule has 2 aromatic heterocycles. The number of hydrogen-bond donors (Lipinski definition) is 1. The van der Waals surface area contributed by atoms with Gasteiger partial charge in [0.2, 0.25) is 0 Å². The molecule has 0 bridgehead atoms. The number of alkyl halides is 6. The van der Waals surface area contributed by atoms with E-state index in [1.54, 1.807) is 0 Å². The van der Waals surface area contributed by atoms with Crippen LogP contribution in [-0.4, -0.2) is 20.8 Å². The molecule has 1 unspecified atom stereocenters. The first-order chi connectivity index (χ1) is 9.35. The molecule has 0 aromatic carbocycles. The maximum absolute atomic E-state index is 12.9. The van der Waals surface area contributed by atoms with E-state index in [1.165, 1.54) is 0 Å². The first-order valence-electron chi connectivity index (χ1n) is 5.33. The van der Waals surface area contributed by atoms with E-state index >= 15 is 0 Å². The van der Waals surface area contributed by atoms with E-state index in [0.717, 1.165) is 0 Å². The number of fused-ring (bicyclic) bond motifs is 1. The molecule has 0 aliphatic heterocycles.